The first-order valence-electron chi connectivity index (χ1n) is 7.42. The van der Waals surface area contributed by atoms with Crippen molar-refractivity contribution in [2.45, 2.75) is 36.7 Å². The van der Waals surface area contributed by atoms with Gasteiger partial charge in [0.05, 0.1) is 4.90 Å². The van der Waals surface area contributed by atoms with Crippen molar-refractivity contribution in [3.05, 3.63) is 29.8 Å². The number of nitrogens with zero attached hydrogens (tertiary/aromatic N) is 1. The fourth-order valence-electron chi connectivity index (χ4n) is 2.52. The van der Waals surface area contributed by atoms with Crippen LogP contribution in [0.5, 0.6) is 0 Å². The number of halogens is 1. The molecule has 8 heteroatoms. The Morgan fingerprint density at radius 3 is 2.65 bits per heavy atom. The van der Waals surface area contributed by atoms with Crippen LogP contribution in [0.4, 0.5) is 0 Å². The minimum atomic E-state index is -3.51. The predicted octanol–water partition coefficient (Wildman–Crippen LogP) is 1.12. The third-order valence-electron chi connectivity index (χ3n) is 3.80. The Morgan fingerprint density at radius 2 is 2.04 bits per heavy atom. The van der Waals surface area contributed by atoms with Gasteiger partial charge in [0.15, 0.2) is 0 Å². The molecular weight excluding hydrogens is 338 g/mol. The SMILES string of the molecule is CN(C)S(=O)(=O)c1ccccc1CNC(=O)CC1CCCN1.Cl. The summed E-state index contributed by atoms with van der Waals surface area (Å²) in [5, 5.41) is 6.09. The molecule has 2 rings (SSSR count). The zero-order chi connectivity index (χ0) is 16.2. The van der Waals surface area contributed by atoms with Crippen LogP contribution >= 0.6 is 12.4 Å². The molecule has 1 amide bonds. The lowest BCUT2D eigenvalue weighted by Crippen LogP contribution is -2.32. The number of benzene rings is 1. The molecule has 23 heavy (non-hydrogen) atoms. The summed E-state index contributed by atoms with van der Waals surface area (Å²) < 4.78 is 25.7. The van der Waals surface area contributed by atoms with Crippen LogP contribution in [0, 0.1) is 0 Å². The summed E-state index contributed by atoms with van der Waals surface area (Å²) >= 11 is 0. The quantitative estimate of drug-likeness (QED) is 0.795. The Labute approximate surface area is 144 Å². The van der Waals surface area contributed by atoms with Crippen molar-refractivity contribution >= 4 is 28.3 Å². The smallest absolute Gasteiger partial charge is 0.242 e. The molecule has 1 aromatic carbocycles. The van der Waals surface area contributed by atoms with Crippen molar-refractivity contribution in [2.24, 2.45) is 0 Å². The van der Waals surface area contributed by atoms with Gasteiger partial charge in [-0.1, -0.05) is 18.2 Å². The van der Waals surface area contributed by atoms with Crippen LogP contribution in [0.1, 0.15) is 24.8 Å². The Balaban J connectivity index is 0.00000264. The van der Waals surface area contributed by atoms with Crippen molar-refractivity contribution in [3.63, 3.8) is 0 Å². The summed E-state index contributed by atoms with van der Waals surface area (Å²) in [6, 6.07) is 6.99. The first-order chi connectivity index (χ1) is 10.4. The van der Waals surface area contributed by atoms with E-state index in [-0.39, 0.29) is 35.8 Å². The first-order valence-corrected chi connectivity index (χ1v) is 8.86. The second-order valence-corrected chi connectivity index (χ2v) is 7.79. The van der Waals surface area contributed by atoms with Gasteiger partial charge in [0.2, 0.25) is 15.9 Å². The molecule has 0 bridgehead atoms. The lowest BCUT2D eigenvalue weighted by Gasteiger charge is -2.16. The van der Waals surface area contributed by atoms with Crippen LogP contribution in [0.3, 0.4) is 0 Å². The van der Waals surface area contributed by atoms with E-state index in [1.807, 2.05) is 0 Å². The van der Waals surface area contributed by atoms with E-state index >= 15 is 0 Å². The maximum Gasteiger partial charge on any atom is 0.242 e. The van der Waals surface area contributed by atoms with E-state index in [0.29, 0.717) is 12.0 Å². The van der Waals surface area contributed by atoms with Gasteiger partial charge in [0.1, 0.15) is 0 Å². The Hall–Kier alpha value is -1.15. The molecule has 1 heterocycles. The minimum Gasteiger partial charge on any atom is -0.352 e. The number of carbonyl (C=O) groups is 1. The molecule has 0 radical (unpaired) electrons. The van der Waals surface area contributed by atoms with Gasteiger partial charge in [0.25, 0.3) is 0 Å². The second-order valence-electron chi connectivity index (χ2n) is 5.67. The highest BCUT2D eigenvalue weighted by molar-refractivity contribution is 7.89. The standard InChI is InChI=1S/C15H23N3O3S.ClH/c1-18(2)22(20,21)14-8-4-3-6-12(14)11-17-15(19)10-13-7-5-9-16-13;/h3-4,6,8,13,16H,5,7,9-11H2,1-2H3,(H,17,19);1H. The van der Waals surface area contributed by atoms with Gasteiger partial charge < -0.3 is 10.6 Å². The molecule has 1 aliphatic heterocycles. The summed E-state index contributed by atoms with van der Waals surface area (Å²) in [7, 11) is -0.515. The van der Waals surface area contributed by atoms with E-state index in [1.54, 1.807) is 24.3 Å². The largest absolute Gasteiger partial charge is 0.352 e. The highest BCUT2D eigenvalue weighted by atomic mass is 35.5. The van der Waals surface area contributed by atoms with Crippen LogP contribution in [0.25, 0.3) is 0 Å². The van der Waals surface area contributed by atoms with Crippen LogP contribution in [-0.2, 0) is 21.4 Å². The highest BCUT2D eigenvalue weighted by Gasteiger charge is 2.21. The van der Waals surface area contributed by atoms with Crippen molar-refractivity contribution in [3.8, 4) is 0 Å². The molecule has 0 aliphatic carbocycles. The summed E-state index contributed by atoms with van der Waals surface area (Å²) in [6.07, 6.45) is 2.55. The summed E-state index contributed by atoms with van der Waals surface area (Å²) in [5.41, 5.74) is 0.601. The Kier molecular flexibility index (Phi) is 7.47. The fourth-order valence-corrected chi connectivity index (χ4v) is 3.63. The number of hydrogen-bond acceptors (Lipinski definition) is 4. The van der Waals surface area contributed by atoms with Gasteiger partial charge in [-0.2, -0.15) is 0 Å². The topological polar surface area (TPSA) is 78.5 Å². The number of sulfonamides is 1. The van der Waals surface area contributed by atoms with E-state index < -0.39 is 10.0 Å². The molecule has 1 fully saturated rings. The minimum absolute atomic E-state index is 0. The predicted molar refractivity (Wildman–Crippen MR) is 92.1 cm³/mol. The highest BCUT2D eigenvalue weighted by Crippen LogP contribution is 2.18. The van der Waals surface area contributed by atoms with Gasteiger partial charge in [-0.25, -0.2) is 12.7 Å². The van der Waals surface area contributed by atoms with Crippen LogP contribution < -0.4 is 10.6 Å². The third-order valence-corrected chi connectivity index (χ3v) is 5.72. The van der Waals surface area contributed by atoms with Crippen molar-refractivity contribution in [1.29, 1.82) is 0 Å². The molecule has 0 saturated carbocycles. The van der Waals surface area contributed by atoms with Crippen LogP contribution in [0.2, 0.25) is 0 Å². The molecule has 1 saturated heterocycles. The molecule has 1 aromatic rings. The van der Waals surface area contributed by atoms with E-state index in [1.165, 1.54) is 18.4 Å². The molecule has 1 unspecified atom stereocenters. The molecule has 130 valence electrons. The van der Waals surface area contributed by atoms with E-state index in [0.717, 1.165) is 19.4 Å². The molecule has 1 aliphatic rings. The second kappa shape index (κ2) is 8.63. The van der Waals surface area contributed by atoms with Gasteiger partial charge in [-0.3, -0.25) is 4.79 Å². The van der Waals surface area contributed by atoms with Gasteiger partial charge in [-0.05, 0) is 31.0 Å². The molecule has 2 N–H and O–H groups in total. The van der Waals surface area contributed by atoms with Crippen molar-refractivity contribution in [1.82, 2.24) is 14.9 Å². The molecular formula is C15H24ClN3O3S. The number of hydrogen-bond donors (Lipinski definition) is 2. The van der Waals surface area contributed by atoms with Gasteiger partial charge in [-0.15, -0.1) is 12.4 Å². The monoisotopic (exact) mass is 361 g/mol. The number of carbonyl (C=O) groups excluding carboxylic acids is 1. The summed E-state index contributed by atoms with van der Waals surface area (Å²) in [4.78, 5) is 12.2. The number of amides is 1. The number of nitrogens with one attached hydrogen (secondary N) is 2. The maximum absolute atomic E-state index is 12.3. The van der Waals surface area contributed by atoms with E-state index in [9.17, 15) is 13.2 Å². The van der Waals surface area contributed by atoms with Crippen molar-refractivity contribution in [2.75, 3.05) is 20.6 Å². The Bertz CT molecular complexity index is 629. The van der Waals surface area contributed by atoms with Crippen molar-refractivity contribution < 1.29 is 13.2 Å². The normalized spacial score (nSPS) is 17.8. The fraction of sp³-hybridized carbons (Fsp3) is 0.533. The number of rotatable bonds is 6. The van der Waals surface area contributed by atoms with Crippen LogP contribution in [0.15, 0.2) is 29.2 Å². The van der Waals surface area contributed by atoms with E-state index in [2.05, 4.69) is 10.6 Å². The van der Waals surface area contributed by atoms with E-state index in [4.69, 9.17) is 0 Å². The maximum atomic E-state index is 12.3. The molecule has 6 nitrogen and oxygen atoms in total. The third kappa shape index (κ3) is 5.17. The summed E-state index contributed by atoms with van der Waals surface area (Å²) in [5.74, 6) is -0.0588. The summed E-state index contributed by atoms with van der Waals surface area (Å²) in [6.45, 7) is 1.18. The van der Waals surface area contributed by atoms with Gasteiger partial charge >= 0.3 is 0 Å². The zero-order valence-corrected chi connectivity index (χ0v) is 15.0. The first kappa shape index (κ1) is 19.9. The van der Waals surface area contributed by atoms with Crippen LogP contribution in [-0.4, -0.2) is 45.3 Å². The molecule has 1 atom stereocenters. The average molecular weight is 362 g/mol. The van der Waals surface area contributed by atoms with Gasteiger partial charge in [0, 0.05) is 33.1 Å². The Morgan fingerprint density at radius 1 is 1.35 bits per heavy atom. The average Bonchev–Trinajstić information content (AvgIpc) is 2.98. The lowest BCUT2D eigenvalue weighted by atomic mass is 10.1. The lowest BCUT2D eigenvalue weighted by molar-refractivity contribution is -0.121. The molecule has 0 aromatic heterocycles. The zero-order valence-electron chi connectivity index (χ0n) is 13.4. The molecule has 0 spiro atoms.